The van der Waals surface area contributed by atoms with Crippen molar-refractivity contribution >= 4 is 27.3 Å². The number of halogens is 1. The van der Waals surface area contributed by atoms with Crippen LogP contribution in [0.15, 0.2) is 47.1 Å². The lowest BCUT2D eigenvalue weighted by Crippen LogP contribution is -1.98. The number of nitrogens with two attached hydrogens (primary N) is 1. The molecule has 1 aromatic carbocycles. The van der Waals surface area contributed by atoms with E-state index in [1.807, 2.05) is 34.9 Å². The molecule has 0 saturated heterocycles. The summed E-state index contributed by atoms with van der Waals surface area (Å²) in [6.45, 7) is 0. The average Bonchev–Trinajstić information content (AvgIpc) is 2.74. The maximum Gasteiger partial charge on any atom is 0.175 e. The molecular formula is C13H11BrN4. The van der Waals surface area contributed by atoms with E-state index in [4.69, 9.17) is 5.73 Å². The first-order valence-electron chi connectivity index (χ1n) is 5.56. The molecule has 0 aliphatic rings. The molecule has 0 fully saturated rings. The van der Waals surface area contributed by atoms with E-state index in [9.17, 15) is 0 Å². The van der Waals surface area contributed by atoms with Crippen molar-refractivity contribution in [1.82, 2.24) is 14.6 Å². The van der Waals surface area contributed by atoms with Gasteiger partial charge in [-0.25, -0.2) is 0 Å². The van der Waals surface area contributed by atoms with Gasteiger partial charge >= 0.3 is 0 Å². The fraction of sp³-hybridized carbons (Fsp3) is 0.0769. The molecule has 0 radical (unpaired) electrons. The molecule has 2 heterocycles. The molecule has 0 bridgehead atoms. The van der Waals surface area contributed by atoms with Crippen LogP contribution < -0.4 is 5.73 Å². The van der Waals surface area contributed by atoms with E-state index >= 15 is 0 Å². The van der Waals surface area contributed by atoms with E-state index < -0.39 is 0 Å². The zero-order valence-corrected chi connectivity index (χ0v) is 11.1. The van der Waals surface area contributed by atoms with Gasteiger partial charge in [-0.15, -0.1) is 10.2 Å². The number of hydrogen-bond acceptors (Lipinski definition) is 3. The molecule has 0 aliphatic heterocycles. The molecule has 3 rings (SSSR count). The van der Waals surface area contributed by atoms with Crippen molar-refractivity contribution in [3.63, 3.8) is 0 Å². The van der Waals surface area contributed by atoms with Crippen molar-refractivity contribution in [1.29, 1.82) is 0 Å². The summed E-state index contributed by atoms with van der Waals surface area (Å²) in [7, 11) is 0. The van der Waals surface area contributed by atoms with Crippen LogP contribution in [0, 0.1) is 0 Å². The van der Waals surface area contributed by atoms with E-state index in [0.717, 1.165) is 22.4 Å². The number of nitrogen functional groups attached to an aromatic ring is 1. The summed E-state index contributed by atoms with van der Waals surface area (Å²) >= 11 is 3.44. The molecule has 0 saturated carbocycles. The molecular weight excluding hydrogens is 292 g/mol. The fourth-order valence-corrected chi connectivity index (χ4v) is 2.45. The highest BCUT2D eigenvalue weighted by Crippen LogP contribution is 2.21. The summed E-state index contributed by atoms with van der Waals surface area (Å²) < 4.78 is 2.78. The molecule has 0 amide bonds. The molecule has 90 valence electrons. The Morgan fingerprint density at radius 3 is 2.72 bits per heavy atom. The number of pyridine rings is 1. The summed E-state index contributed by atoms with van der Waals surface area (Å²) in [6.07, 6.45) is 2.58. The first kappa shape index (κ1) is 11.2. The van der Waals surface area contributed by atoms with Gasteiger partial charge in [0.2, 0.25) is 0 Å². The van der Waals surface area contributed by atoms with Gasteiger partial charge in [0.15, 0.2) is 5.65 Å². The molecule has 2 aromatic heterocycles. The highest BCUT2D eigenvalue weighted by Gasteiger charge is 2.09. The number of nitrogens with zero attached hydrogens (tertiary/aromatic N) is 3. The van der Waals surface area contributed by atoms with Gasteiger partial charge in [-0.1, -0.05) is 30.3 Å². The van der Waals surface area contributed by atoms with Crippen molar-refractivity contribution in [2.24, 2.45) is 0 Å². The van der Waals surface area contributed by atoms with Crippen LogP contribution in [-0.4, -0.2) is 14.6 Å². The number of rotatable bonds is 2. The van der Waals surface area contributed by atoms with Gasteiger partial charge in [-0.3, -0.25) is 4.40 Å². The number of hydrogen-bond donors (Lipinski definition) is 1. The number of fused-ring (bicyclic) bond motifs is 1. The molecule has 0 aliphatic carbocycles. The fourth-order valence-electron chi connectivity index (χ4n) is 1.92. The monoisotopic (exact) mass is 302 g/mol. The van der Waals surface area contributed by atoms with E-state index in [1.54, 1.807) is 0 Å². The second-order valence-electron chi connectivity index (χ2n) is 4.09. The van der Waals surface area contributed by atoms with Crippen LogP contribution in [0.4, 0.5) is 5.69 Å². The summed E-state index contributed by atoms with van der Waals surface area (Å²) in [5.74, 6) is 0.879. The number of benzene rings is 1. The van der Waals surface area contributed by atoms with Crippen LogP contribution in [-0.2, 0) is 6.42 Å². The van der Waals surface area contributed by atoms with Crippen LogP contribution >= 0.6 is 15.9 Å². The topological polar surface area (TPSA) is 56.2 Å². The molecule has 3 aromatic rings. The molecule has 0 unspecified atom stereocenters. The summed E-state index contributed by atoms with van der Waals surface area (Å²) in [5, 5.41) is 8.39. The molecule has 0 spiro atoms. The first-order valence-corrected chi connectivity index (χ1v) is 6.36. The third-order valence-electron chi connectivity index (χ3n) is 2.76. The van der Waals surface area contributed by atoms with Crippen molar-refractivity contribution in [3.8, 4) is 0 Å². The van der Waals surface area contributed by atoms with E-state index in [-0.39, 0.29) is 0 Å². The minimum Gasteiger partial charge on any atom is -0.397 e. The Kier molecular flexibility index (Phi) is 2.76. The lowest BCUT2D eigenvalue weighted by atomic mass is 10.1. The second kappa shape index (κ2) is 4.42. The van der Waals surface area contributed by atoms with Crippen LogP contribution in [0.5, 0.6) is 0 Å². The SMILES string of the molecule is Nc1cc(Br)c2nnc(Cc3ccccc3)n2c1. The molecule has 18 heavy (non-hydrogen) atoms. The van der Waals surface area contributed by atoms with Gasteiger partial charge in [0.1, 0.15) is 5.82 Å². The lowest BCUT2D eigenvalue weighted by molar-refractivity contribution is 0.935. The zero-order chi connectivity index (χ0) is 12.5. The summed E-state index contributed by atoms with van der Waals surface area (Å²) in [6, 6.07) is 12.0. The van der Waals surface area contributed by atoms with Gasteiger partial charge in [0.05, 0.1) is 4.47 Å². The minimum absolute atomic E-state index is 0.684. The summed E-state index contributed by atoms with van der Waals surface area (Å²) in [4.78, 5) is 0. The van der Waals surface area contributed by atoms with E-state index in [1.165, 1.54) is 5.56 Å². The molecule has 4 nitrogen and oxygen atoms in total. The standard InChI is InChI=1S/C13H11BrN4/c14-11-7-10(15)8-18-12(16-17-13(11)18)6-9-4-2-1-3-5-9/h1-5,7-8H,6,15H2. The highest BCUT2D eigenvalue weighted by atomic mass is 79.9. The minimum atomic E-state index is 0.684. The van der Waals surface area contributed by atoms with E-state index in [0.29, 0.717) is 5.69 Å². The average molecular weight is 303 g/mol. The van der Waals surface area contributed by atoms with E-state index in [2.05, 4.69) is 38.3 Å². The highest BCUT2D eigenvalue weighted by molar-refractivity contribution is 9.10. The molecule has 5 heteroatoms. The Morgan fingerprint density at radius 1 is 1.17 bits per heavy atom. The predicted octanol–water partition coefficient (Wildman–Crippen LogP) is 2.66. The Labute approximate surface area is 113 Å². The van der Waals surface area contributed by atoms with Crippen molar-refractivity contribution in [2.75, 3.05) is 5.73 Å². The maximum absolute atomic E-state index is 5.84. The molecule has 2 N–H and O–H groups in total. The van der Waals surface area contributed by atoms with Crippen molar-refractivity contribution in [2.45, 2.75) is 6.42 Å². The number of aromatic nitrogens is 3. The first-order chi connectivity index (χ1) is 8.74. The smallest absolute Gasteiger partial charge is 0.175 e. The molecule has 0 atom stereocenters. The largest absolute Gasteiger partial charge is 0.397 e. The van der Waals surface area contributed by atoms with Gasteiger partial charge in [-0.2, -0.15) is 0 Å². The third kappa shape index (κ3) is 1.97. The predicted molar refractivity (Wildman–Crippen MR) is 74.3 cm³/mol. The van der Waals surface area contributed by atoms with Crippen LogP contribution in [0.2, 0.25) is 0 Å². The van der Waals surface area contributed by atoms with Crippen LogP contribution in [0.3, 0.4) is 0 Å². The lowest BCUT2D eigenvalue weighted by Gasteiger charge is -2.02. The zero-order valence-electron chi connectivity index (χ0n) is 9.55. The van der Waals surface area contributed by atoms with Gasteiger partial charge in [-0.05, 0) is 27.6 Å². The Balaban J connectivity index is 2.08. The van der Waals surface area contributed by atoms with Crippen molar-refractivity contribution in [3.05, 3.63) is 58.5 Å². The maximum atomic E-state index is 5.84. The normalized spacial score (nSPS) is 10.9. The van der Waals surface area contributed by atoms with Crippen LogP contribution in [0.1, 0.15) is 11.4 Å². The van der Waals surface area contributed by atoms with Gasteiger partial charge < -0.3 is 5.73 Å². The third-order valence-corrected chi connectivity index (χ3v) is 3.34. The Hall–Kier alpha value is -1.88. The second-order valence-corrected chi connectivity index (χ2v) is 4.95. The van der Waals surface area contributed by atoms with Gasteiger partial charge in [0, 0.05) is 18.3 Å². The summed E-state index contributed by atoms with van der Waals surface area (Å²) in [5.41, 5.74) is 8.51. The Bertz CT molecular complexity index is 691. The Morgan fingerprint density at radius 2 is 1.94 bits per heavy atom. The number of anilines is 1. The van der Waals surface area contributed by atoms with Crippen molar-refractivity contribution < 1.29 is 0 Å². The quantitative estimate of drug-likeness (QED) is 0.792. The van der Waals surface area contributed by atoms with Crippen LogP contribution in [0.25, 0.3) is 5.65 Å². The van der Waals surface area contributed by atoms with Gasteiger partial charge in [0.25, 0.3) is 0 Å².